The van der Waals surface area contributed by atoms with E-state index in [1.54, 1.807) is 0 Å². The predicted octanol–water partition coefficient (Wildman–Crippen LogP) is 1.96. The normalized spacial score (nSPS) is 9.47. The first-order chi connectivity index (χ1) is 7.04. The Morgan fingerprint density at radius 3 is 2.87 bits per heavy atom. The summed E-state index contributed by atoms with van der Waals surface area (Å²) in [5.74, 6) is -1.15. The van der Waals surface area contributed by atoms with Gasteiger partial charge in [0.1, 0.15) is 5.82 Å². The van der Waals surface area contributed by atoms with Crippen LogP contribution in [0.2, 0.25) is 5.02 Å². The Kier molecular flexibility index (Phi) is 3.64. The van der Waals surface area contributed by atoms with Crippen LogP contribution in [0.1, 0.15) is 5.56 Å². The van der Waals surface area contributed by atoms with Crippen LogP contribution in [0.5, 0.6) is 0 Å². The van der Waals surface area contributed by atoms with Crippen LogP contribution in [0.4, 0.5) is 4.39 Å². The van der Waals surface area contributed by atoms with Crippen LogP contribution in [-0.4, -0.2) is 17.9 Å². The first kappa shape index (κ1) is 11.5. The number of hydrogen-bond donors (Lipinski definition) is 0. The molecule has 0 aliphatic heterocycles. The lowest BCUT2D eigenvalue weighted by atomic mass is 10.2. The summed E-state index contributed by atoms with van der Waals surface area (Å²) >= 11 is 5.57. The molecule has 3 nitrogen and oxygen atoms in total. The van der Waals surface area contributed by atoms with Crippen LogP contribution in [0.3, 0.4) is 0 Å². The lowest BCUT2D eigenvalue weighted by molar-refractivity contribution is -0.124. The summed E-state index contributed by atoms with van der Waals surface area (Å²) in [7, 11) is 1.49. The minimum Gasteiger partial charge on any atom is -0.329 e. The van der Waals surface area contributed by atoms with Crippen molar-refractivity contribution in [2.24, 2.45) is 0 Å². The highest BCUT2D eigenvalue weighted by molar-refractivity contribution is 6.30. The second-order valence-electron chi connectivity index (χ2n) is 3.02. The smallest absolute Gasteiger partial charge is 0.325 e. The average Bonchev–Trinajstić information content (AvgIpc) is 2.22. The van der Waals surface area contributed by atoms with Crippen molar-refractivity contribution in [3.63, 3.8) is 0 Å². The molecule has 0 saturated carbocycles. The van der Waals surface area contributed by atoms with Crippen LogP contribution < -0.4 is 0 Å². The Bertz CT molecular complexity index is 428. The molecule has 0 unspecified atom stereocenters. The van der Waals surface area contributed by atoms with Gasteiger partial charge in [-0.3, -0.25) is 4.79 Å². The van der Waals surface area contributed by atoms with Gasteiger partial charge in [-0.1, -0.05) is 17.7 Å². The van der Waals surface area contributed by atoms with E-state index in [1.807, 2.05) is 0 Å². The van der Waals surface area contributed by atoms with Crippen LogP contribution in [0.15, 0.2) is 18.2 Å². The van der Waals surface area contributed by atoms with E-state index in [-0.39, 0.29) is 11.6 Å². The maximum atomic E-state index is 12.8. The largest absolute Gasteiger partial charge is 0.329 e. The van der Waals surface area contributed by atoms with Crippen molar-refractivity contribution in [2.45, 2.75) is 6.54 Å². The van der Waals surface area contributed by atoms with Crippen LogP contribution in [-0.2, 0) is 11.3 Å². The third-order valence-electron chi connectivity index (χ3n) is 1.85. The zero-order valence-corrected chi connectivity index (χ0v) is 8.75. The van der Waals surface area contributed by atoms with E-state index in [2.05, 4.69) is 0 Å². The first-order valence-corrected chi connectivity index (χ1v) is 4.51. The van der Waals surface area contributed by atoms with Gasteiger partial charge in [-0.2, -0.15) is 5.26 Å². The van der Waals surface area contributed by atoms with Gasteiger partial charge < -0.3 is 4.90 Å². The van der Waals surface area contributed by atoms with E-state index in [1.165, 1.54) is 36.2 Å². The second-order valence-corrected chi connectivity index (χ2v) is 3.43. The molecule has 0 saturated heterocycles. The van der Waals surface area contributed by atoms with E-state index >= 15 is 0 Å². The van der Waals surface area contributed by atoms with Crippen molar-refractivity contribution in [2.75, 3.05) is 7.05 Å². The van der Waals surface area contributed by atoms with Gasteiger partial charge in [-0.25, -0.2) is 4.39 Å². The Hall–Kier alpha value is -1.60. The molecule has 0 fully saturated rings. The second kappa shape index (κ2) is 4.76. The third kappa shape index (κ3) is 2.93. The number of halogens is 2. The van der Waals surface area contributed by atoms with Crippen molar-refractivity contribution in [1.82, 2.24) is 4.90 Å². The van der Waals surface area contributed by atoms with Gasteiger partial charge in [0.15, 0.2) is 6.07 Å². The minimum absolute atomic E-state index is 0.00491. The summed E-state index contributed by atoms with van der Waals surface area (Å²) in [5, 5.41) is 8.36. The molecule has 0 aliphatic carbocycles. The van der Waals surface area contributed by atoms with Gasteiger partial charge in [-0.05, 0) is 17.7 Å². The van der Waals surface area contributed by atoms with Crippen LogP contribution in [0, 0.1) is 17.1 Å². The van der Waals surface area contributed by atoms with Crippen LogP contribution >= 0.6 is 11.6 Å². The van der Waals surface area contributed by atoms with Crippen molar-refractivity contribution in [3.05, 3.63) is 34.6 Å². The molecule has 1 rings (SSSR count). The molecule has 0 radical (unpaired) electrons. The fraction of sp³-hybridized carbons (Fsp3) is 0.200. The number of carbonyl (C=O) groups excluding carboxylic acids is 1. The van der Waals surface area contributed by atoms with Gasteiger partial charge in [0, 0.05) is 13.6 Å². The quantitative estimate of drug-likeness (QED) is 0.724. The van der Waals surface area contributed by atoms with E-state index in [0.717, 1.165) is 0 Å². The summed E-state index contributed by atoms with van der Waals surface area (Å²) < 4.78 is 12.8. The molecule has 5 heteroatoms. The maximum Gasteiger partial charge on any atom is 0.325 e. The molecule has 1 aromatic carbocycles. The number of amides is 1. The molecule has 0 spiro atoms. The number of benzene rings is 1. The highest BCUT2D eigenvalue weighted by Gasteiger charge is 2.08. The molecule has 0 aromatic heterocycles. The zero-order valence-electron chi connectivity index (χ0n) is 8.00. The Morgan fingerprint density at radius 2 is 2.33 bits per heavy atom. The molecule has 1 aromatic rings. The molecule has 0 aliphatic rings. The van der Waals surface area contributed by atoms with E-state index in [9.17, 15) is 9.18 Å². The molecular formula is C10H8ClFN2O. The summed E-state index contributed by atoms with van der Waals surface area (Å²) in [6.45, 7) is 0.229. The Balaban J connectivity index is 2.78. The van der Waals surface area contributed by atoms with Gasteiger partial charge in [-0.15, -0.1) is 0 Å². The summed E-state index contributed by atoms with van der Waals surface area (Å²) in [5.41, 5.74) is 0.674. The summed E-state index contributed by atoms with van der Waals surface area (Å²) in [6, 6.07) is 5.66. The molecular weight excluding hydrogens is 219 g/mol. The number of carbonyl (C=O) groups is 1. The maximum absolute atomic E-state index is 12.8. The Morgan fingerprint density at radius 1 is 1.67 bits per heavy atom. The number of nitrogens with zero attached hydrogens (tertiary/aromatic N) is 2. The highest BCUT2D eigenvalue weighted by atomic mass is 35.5. The fourth-order valence-electron chi connectivity index (χ4n) is 1.07. The number of rotatable bonds is 2. The summed E-state index contributed by atoms with van der Waals surface area (Å²) in [4.78, 5) is 12.2. The van der Waals surface area contributed by atoms with Gasteiger partial charge in [0.2, 0.25) is 0 Å². The van der Waals surface area contributed by atoms with E-state index in [4.69, 9.17) is 16.9 Å². The molecule has 0 atom stereocenters. The van der Waals surface area contributed by atoms with E-state index < -0.39 is 11.7 Å². The number of hydrogen-bond acceptors (Lipinski definition) is 2. The topological polar surface area (TPSA) is 44.1 Å². The zero-order chi connectivity index (χ0) is 11.4. The predicted molar refractivity (Wildman–Crippen MR) is 53.5 cm³/mol. The van der Waals surface area contributed by atoms with Crippen LogP contribution in [0.25, 0.3) is 0 Å². The van der Waals surface area contributed by atoms with Crippen molar-refractivity contribution >= 4 is 17.5 Å². The molecule has 0 N–H and O–H groups in total. The molecule has 1 amide bonds. The van der Waals surface area contributed by atoms with Crippen molar-refractivity contribution in [3.8, 4) is 6.07 Å². The van der Waals surface area contributed by atoms with Gasteiger partial charge >= 0.3 is 5.91 Å². The average molecular weight is 227 g/mol. The van der Waals surface area contributed by atoms with Gasteiger partial charge in [0.05, 0.1) is 5.02 Å². The standard InChI is InChI=1S/C10H8ClFN2O/c1-14(10(15)5-13)6-7-2-3-9(12)8(11)4-7/h2-4H,6H2,1H3. The minimum atomic E-state index is -0.643. The highest BCUT2D eigenvalue weighted by Crippen LogP contribution is 2.16. The molecule has 78 valence electrons. The lowest BCUT2D eigenvalue weighted by Crippen LogP contribution is -2.24. The SMILES string of the molecule is CN(Cc1ccc(F)c(Cl)c1)C(=O)C#N. The summed E-state index contributed by atoms with van der Waals surface area (Å²) in [6.07, 6.45) is 0. The first-order valence-electron chi connectivity index (χ1n) is 4.13. The molecule has 15 heavy (non-hydrogen) atoms. The van der Waals surface area contributed by atoms with Gasteiger partial charge in [0.25, 0.3) is 0 Å². The van der Waals surface area contributed by atoms with Crippen molar-refractivity contribution < 1.29 is 9.18 Å². The Labute approximate surface area is 91.7 Å². The molecule has 0 heterocycles. The van der Waals surface area contributed by atoms with E-state index in [0.29, 0.717) is 5.56 Å². The third-order valence-corrected chi connectivity index (χ3v) is 2.14. The van der Waals surface area contributed by atoms with Crippen molar-refractivity contribution in [1.29, 1.82) is 5.26 Å². The monoisotopic (exact) mass is 226 g/mol. The molecule has 0 bridgehead atoms. The fourth-order valence-corrected chi connectivity index (χ4v) is 1.27. The lowest BCUT2D eigenvalue weighted by Gasteiger charge is -2.13. The number of nitriles is 1.